The molecule has 0 fully saturated rings. The van der Waals surface area contributed by atoms with Crippen LogP contribution in [0.2, 0.25) is 5.02 Å². The van der Waals surface area contributed by atoms with Crippen LogP contribution in [-0.4, -0.2) is 34.1 Å². The highest BCUT2D eigenvalue weighted by molar-refractivity contribution is 6.31. The number of aryl methyl sites for hydroxylation is 1. The van der Waals surface area contributed by atoms with Crippen molar-refractivity contribution in [3.63, 3.8) is 0 Å². The summed E-state index contributed by atoms with van der Waals surface area (Å²) < 4.78 is 2.25. The summed E-state index contributed by atoms with van der Waals surface area (Å²) in [4.78, 5) is 7.32. The number of fused-ring (bicyclic) bond motifs is 1. The summed E-state index contributed by atoms with van der Waals surface area (Å²) in [5.41, 5.74) is 8.22. The van der Waals surface area contributed by atoms with Crippen LogP contribution in [0.1, 0.15) is 64.7 Å². The van der Waals surface area contributed by atoms with E-state index < -0.39 is 0 Å². The molecule has 0 saturated heterocycles. The Kier molecular flexibility index (Phi) is 8.20. The van der Waals surface area contributed by atoms with Gasteiger partial charge in [-0.1, -0.05) is 38.3 Å². The Labute approximate surface area is 157 Å². The van der Waals surface area contributed by atoms with E-state index in [9.17, 15) is 0 Å². The van der Waals surface area contributed by atoms with E-state index in [1.807, 2.05) is 25.1 Å². The number of aromatic nitrogens is 2. The van der Waals surface area contributed by atoms with Gasteiger partial charge in [0.25, 0.3) is 0 Å². The van der Waals surface area contributed by atoms with Gasteiger partial charge in [-0.25, -0.2) is 4.98 Å². The number of rotatable bonds is 11. The van der Waals surface area contributed by atoms with E-state index >= 15 is 0 Å². The molecular weight excluding hydrogens is 332 g/mol. The van der Waals surface area contributed by atoms with Crippen LogP contribution in [0.25, 0.3) is 11.0 Å². The first-order valence-electron chi connectivity index (χ1n) is 9.70. The Hall–Kier alpha value is -1.10. The fraction of sp³-hybridized carbons (Fsp3) is 0.650. The zero-order chi connectivity index (χ0) is 18.2. The van der Waals surface area contributed by atoms with Gasteiger partial charge in [-0.05, 0) is 64.0 Å². The van der Waals surface area contributed by atoms with Crippen molar-refractivity contribution in [2.24, 2.45) is 5.73 Å². The summed E-state index contributed by atoms with van der Waals surface area (Å²) in [6, 6.07) is 5.79. The average molecular weight is 365 g/mol. The second-order valence-electron chi connectivity index (χ2n) is 6.95. The quantitative estimate of drug-likeness (QED) is 0.610. The highest BCUT2D eigenvalue weighted by Crippen LogP contribution is 2.23. The molecule has 0 amide bonds. The SMILES string of the molecule is CCCCN(CCCC)CCCn1c(C(C)N)nc2ccc(Cl)cc21. The molecule has 1 heterocycles. The van der Waals surface area contributed by atoms with Gasteiger partial charge in [0, 0.05) is 11.6 Å². The lowest BCUT2D eigenvalue weighted by atomic mass is 10.2. The summed E-state index contributed by atoms with van der Waals surface area (Å²) >= 11 is 6.20. The van der Waals surface area contributed by atoms with Crippen LogP contribution < -0.4 is 5.73 Å². The van der Waals surface area contributed by atoms with Crippen LogP contribution in [0.5, 0.6) is 0 Å². The first-order valence-corrected chi connectivity index (χ1v) is 10.1. The van der Waals surface area contributed by atoms with Gasteiger partial charge in [0.05, 0.1) is 17.1 Å². The average Bonchev–Trinajstić information content (AvgIpc) is 2.95. The highest BCUT2D eigenvalue weighted by atomic mass is 35.5. The van der Waals surface area contributed by atoms with Gasteiger partial charge in [0.2, 0.25) is 0 Å². The molecule has 2 N–H and O–H groups in total. The molecule has 0 saturated carbocycles. The minimum absolute atomic E-state index is 0.0811. The van der Waals surface area contributed by atoms with E-state index in [2.05, 4.69) is 23.3 Å². The smallest absolute Gasteiger partial charge is 0.126 e. The van der Waals surface area contributed by atoms with Crippen molar-refractivity contribution < 1.29 is 0 Å². The van der Waals surface area contributed by atoms with E-state index in [-0.39, 0.29) is 6.04 Å². The first-order chi connectivity index (χ1) is 12.1. The minimum atomic E-state index is -0.0811. The number of nitrogens with zero attached hydrogens (tertiary/aromatic N) is 3. The largest absolute Gasteiger partial charge is 0.327 e. The Balaban J connectivity index is 2.07. The van der Waals surface area contributed by atoms with Crippen LogP contribution >= 0.6 is 11.6 Å². The predicted molar refractivity (Wildman–Crippen MR) is 108 cm³/mol. The third-order valence-corrected chi connectivity index (χ3v) is 4.89. The molecule has 0 radical (unpaired) electrons. The summed E-state index contributed by atoms with van der Waals surface area (Å²) in [7, 11) is 0. The lowest BCUT2D eigenvalue weighted by Crippen LogP contribution is -2.28. The van der Waals surface area contributed by atoms with E-state index in [1.165, 1.54) is 38.8 Å². The fourth-order valence-electron chi connectivity index (χ4n) is 3.25. The molecule has 1 aromatic carbocycles. The summed E-state index contributed by atoms with van der Waals surface area (Å²) in [5, 5.41) is 0.748. The molecule has 5 heteroatoms. The topological polar surface area (TPSA) is 47.1 Å². The van der Waals surface area contributed by atoms with Crippen molar-refractivity contribution in [2.45, 2.75) is 65.5 Å². The van der Waals surface area contributed by atoms with Gasteiger partial charge < -0.3 is 15.2 Å². The van der Waals surface area contributed by atoms with Gasteiger partial charge in [-0.3, -0.25) is 0 Å². The standard InChI is InChI=1S/C20H33ClN4/c1-4-6-11-24(12-7-5-2)13-8-14-25-19-15-17(21)9-10-18(19)23-20(25)16(3)22/h9-10,15-16H,4-8,11-14,22H2,1-3H3. The van der Waals surface area contributed by atoms with E-state index in [1.54, 1.807) is 0 Å². The summed E-state index contributed by atoms with van der Waals surface area (Å²) in [6.45, 7) is 11.0. The summed E-state index contributed by atoms with van der Waals surface area (Å²) in [6.07, 6.45) is 6.16. The normalized spacial score (nSPS) is 13.0. The zero-order valence-electron chi connectivity index (χ0n) is 16.0. The maximum absolute atomic E-state index is 6.20. The Bertz CT molecular complexity index is 642. The number of halogens is 1. The number of hydrogen-bond acceptors (Lipinski definition) is 3. The van der Waals surface area contributed by atoms with Crippen LogP contribution in [0, 0.1) is 0 Å². The van der Waals surface area contributed by atoms with Gasteiger partial charge in [0.15, 0.2) is 0 Å². The molecule has 0 spiro atoms. The second kappa shape index (κ2) is 10.1. The third kappa shape index (κ3) is 5.70. The Morgan fingerprint density at radius 3 is 2.36 bits per heavy atom. The van der Waals surface area contributed by atoms with E-state index in [4.69, 9.17) is 22.3 Å². The molecule has 0 bridgehead atoms. The van der Waals surface area contributed by atoms with Crippen molar-refractivity contribution in [1.29, 1.82) is 0 Å². The van der Waals surface area contributed by atoms with Crippen molar-refractivity contribution >= 4 is 22.6 Å². The van der Waals surface area contributed by atoms with Gasteiger partial charge in [0.1, 0.15) is 5.82 Å². The van der Waals surface area contributed by atoms with Crippen LogP contribution in [0.4, 0.5) is 0 Å². The van der Waals surface area contributed by atoms with Crippen LogP contribution in [0.15, 0.2) is 18.2 Å². The number of hydrogen-bond donors (Lipinski definition) is 1. The van der Waals surface area contributed by atoms with Crippen molar-refractivity contribution in [2.75, 3.05) is 19.6 Å². The third-order valence-electron chi connectivity index (χ3n) is 4.66. The molecule has 1 aromatic heterocycles. The van der Waals surface area contributed by atoms with Crippen LogP contribution in [-0.2, 0) is 6.54 Å². The minimum Gasteiger partial charge on any atom is -0.327 e. The van der Waals surface area contributed by atoms with Crippen molar-refractivity contribution in [3.8, 4) is 0 Å². The highest BCUT2D eigenvalue weighted by Gasteiger charge is 2.14. The molecule has 4 nitrogen and oxygen atoms in total. The van der Waals surface area contributed by atoms with Crippen LogP contribution in [0.3, 0.4) is 0 Å². The van der Waals surface area contributed by atoms with E-state index in [0.717, 1.165) is 41.4 Å². The molecule has 2 rings (SSSR count). The molecule has 25 heavy (non-hydrogen) atoms. The summed E-state index contributed by atoms with van der Waals surface area (Å²) in [5.74, 6) is 0.950. The molecule has 2 aromatic rings. The zero-order valence-corrected chi connectivity index (χ0v) is 16.7. The monoisotopic (exact) mass is 364 g/mol. The van der Waals surface area contributed by atoms with Crippen molar-refractivity contribution in [1.82, 2.24) is 14.5 Å². The maximum Gasteiger partial charge on any atom is 0.126 e. The van der Waals surface area contributed by atoms with Crippen molar-refractivity contribution in [3.05, 3.63) is 29.0 Å². The Morgan fingerprint density at radius 2 is 1.76 bits per heavy atom. The molecule has 140 valence electrons. The number of imidazole rings is 1. The second-order valence-corrected chi connectivity index (χ2v) is 7.38. The lowest BCUT2D eigenvalue weighted by molar-refractivity contribution is 0.257. The van der Waals surface area contributed by atoms with Gasteiger partial charge in [-0.15, -0.1) is 0 Å². The maximum atomic E-state index is 6.20. The van der Waals surface area contributed by atoms with Gasteiger partial charge in [-0.2, -0.15) is 0 Å². The molecule has 1 unspecified atom stereocenters. The molecule has 0 aliphatic carbocycles. The number of nitrogens with two attached hydrogens (primary N) is 1. The van der Waals surface area contributed by atoms with E-state index in [0.29, 0.717) is 0 Å². The molecule has 1 atom stereocenters. The lowest BCUT2D eigenvalue weighted by Gasteiger charge is -2.22. The number of benzene rings is 1. The molecule has 0 aliphatic heterocycles. The Morgan fingerprint density at radius 1 is 1.12 bits per heavy atom. The fourth-order valence-corrected chi connectivity index (χ4v) is 3.41. The van der Waals surface area contributed by atoms with Gasteiger partial charge >= 0.3 is 0 Å². The molecular formula is C20H33ClN4. The molecule has 0 aliphatic rings. The number of unbranched alkanes of at least 4 members (excludes halogenated alkanes) is 2. The predicted octanol–water partition coefficient (Wildman–Crippen LogP) is 5.00. The first kappa shape index (κ1) is 20.2.